The fourth-order valence-corrected chi connectivity index (χ4v) is 3.26. The highest BCUT2D eigenvalue weighted by Crippen LogP contribution is 2.33. The van der Waals surface area contributed by atoms with Gasteiger partial charge >= 0.3 is 6.03 Å². The largest absolute Gasteiger partial charge is 0.335 e. The molecule has 2 aliphatic rings. The van der Waals surface area contributed by atoms with E-state index in [1.165, 1.54) is 11.1 Å². The molecule has 2 amide bonds. The summed E-state index contributed by atoms with van der Waals surface area (Å²) in [6.07, 6.45) is 2.12. The molecule has 1 aromatic rings. The molecule has 1 fully saturated rings. The van der Waals surface area contributed by atoms with E-state index in [-0.39, 0.29) is 31.0 Å². The van der Waals surface area contributed by atoms with Crippen molar-refractivity contribution in [3.8, 4) is 0 Å². The molecule has 1 aromatic carbocycles. The average Bonchev–Trinajstić information content (AvgIpc) is 2.83. The highest BCUT2D eigenvalue weighted by atomic mass is 19.3. The molecule has 114 valence electrons. The third-order valence-electron chi connectivity index (χ3n) is 4.44. The molecular formula is C16H20F2N2O. The van der Waals surface area contributed by atoms with E-state index in [4.69, 9.17) is 0 Å². The van der Waals surface area contributed by atoms with E-state index in [9.17, 15) is 13.6 Å². The molecule has 5 heteroatoms. The molecule has 1 saturated carbocycles. The summed E-state index contributed by atoms with van der Waals surface area (Å²) in [6.45, 7) is 0. The topological polar surface area (TPSA) is 41.1 Å². The van der Waals surface area contributed by atoms with E-state index in [1.807, 2.05) is 12.1 Å². The zero-order valence-corrected chi connectivity index (χ0v) is 11.9. The van der Waals surface area contributed by atoms with Crippen molar-refractivity contribution in [2.24, 2.45) is 0 Å². The molecule has 0 heterocycles. The van der Waals surface area contributed by atoms with Crippen LogP contribution < -0.4 is 10.6 Å². The van der Waals surface area contributed by atoms with Crippen LogP contribution in [0.15, 0.2) is 24.3 Å². The predicted octanol–water partition coefficient (Wildman–Crippen LogP) is 3.03. The molecule has 0 aliphatic heterocycles. The van der Waals surface area contributed by atoms with Crippen molar-refractivity contribution in [2.75, 3.05) is 0 Å². The second-order valence-electron chi connectivity index (χ2n) is 6.12. The molecule has 0 radical (unpaired) electrons. The number of alkyl halides is 2. The summed E-state index contributed by atoms with van der Waals surface area (Å²) < 4.78 is 26.1. The number of urea groups is 1. The Balaban J connectivity index is 1.46. The Morgan fingerprint density at radius 1 is 1.00 bits per heavy atom. The Labute approximate surface area is 123 Å². The minimum atomic E-state index is -2.55. The lowest BCUT2D eigenvalue weighted by Gasteiger charge is -2.29. The summed E-state index contributed by atoms with van der Waals surface area (Å²) >= 11 is 0. The van der Waals surface area contributed by atoms with Crippen LogP contribution in [-0.2, 0) is 12.8 Å². The van der Waals surface area contributed by atoms with Crippen LogP contribution in [0.25, 0.3) is 0 Å². The van der Waals surface area contributed by atoms with Gasteiger partial charge in [-0.1, -0.05) is 24.3 Å². The van der Waals surface area contributed by atoms with Crippen LogP contribution in [0.4, 0.5) is 13.6 Å². The average molecular weight is 294 g/mol. The third kappa shape index (κ3) is 3.52. The van der Waals surface area contributed by atoms with Crippen molar-refractivity contribution in [1.29, 1.82) is 0 Å². The molecule has 3 rings (SSSR count). The Kier molecular flexibility index (Phi) is 3.83. The van der Waals surface area contributed by atoms with Crippen LogP contribution in [-0.4, -0.2) is 24.0 Å². The van der Waals surface area contributed by atoms with E-state index in [0.29, 0.717) is 12.8 Å². The first-order valence-corrected chi connectivity index (χ1v) is 7.53. The van der Waals surface area contributed by atoms with Crippen LogP contribution in [0.3, 0.4) is 0 Å². The summed E-state index contributed by atoms with van der Waals surface area (Å²) in [5, 5.41) is 5.78. The van der Waals surface area contributed by atoms with Crippen molar-refractivity contribution >= 4 is 6.03 Å². The zero-order valence-electron chi connectivity index (χ0n) is 11.9. The second-order valence-corrected chi connectivity index (χ2v) is 6.12. The van der Waals surface area contributed by atoms with E-state index < -0.39 is 5.92 Å². The first-order valence-electron chi connectivity index (χ1n) is 7.53. The number of carbonyl (C=O) groups is 1. The van der Waals surface area contributed by atoms with E-state index in [1.54, 1.807) is 0 Å². The van der Waals surface area contributed by atoms with Crippen LogP contribution in [0.5, 0.6) is 0 Å². The smallest absolute Gasteiger partial charge is 0.315 e. The summed E-state index contributed by atoms with van der Waals surface area (Å²) in [6, 6.07) is 7.91. The first-order chi connectivity index (χ1) is 10.0. The molecule has 0 saturated heterocycles. The summed E-state index contributed by atoms with van der Waals surface area (Å²) in [7, 11) is 0. The predicted molar refractivity (Wildman–Crippen MR) is 76.5 cm³/mol. The van der Waals surface area contributed by atoms with Gasteiger partial charge in [-0.2, -0.15) is 0 Å². The lowest BCUT2D eigenvalue weighted by molar-refractivity contribution is -0.0395. The maximum absolute atomic E-state index is 13.1. The molecule has 21 heavy (non-hydrogen) atoms. The number of nitrogens with one attached hydrogen (secondary N) is 2. The van der Waals surface area contributed by atoms with Gasteiger partial charge in [0.05, 0.1) is 0 Å². The SMILES string of the molecule is O=C(NC1CCC(F)(F)CC1)NC1Cc2ccccc2C1. The quantitative estimate of drug-likeness (QED) is 0.865. The van der Waals surface area contributed by atoms with Crippen LogP contribution in [0.1, 0.15) is 36.8 Å². The highest BCUT2D eigenvalue weighted by molar-refractivity contribution is 5.74. The molecule has 0 spiro atoms. The van der Waals surface area contributed by atoms with Crippen LogP contribution in [0.2, 0.25) is 0 Å². The van der Waals surface area contributed by atoms with Gasteiger partial charge in [-0.15, -0.1) is 0 Å². The number of halogens is 2. The number of rotatable bonds is 2. The monoisotopic (exact) mass is 294 g/mol. The van der Waals surface area contributed by atoms with Gasteiger partial charge in [0, 0.05) is 24.9 Å². The normalized spacial score (nSPS) is 21.8. The van der Waals surface area contributed by atoms with Gasteiger partial charge < -0.3 is 10.6 Å². The molecule has 0 bridgehead atoms. The Morgan fingerprint density at radius 2 is 1.52 bits per heavy atom. The number of hydrogen-bond donors (Lipinski definition) is 2. The number of amides is 2. The standard InChI is InChI=1S/C16H20F2N2O/c17-16(18)7-5-13(6-8-16)19-15(21)20-14-9-11-3-1-2-4-12(11)10-14/h1-4,13-14H,5-10H2,(H2,19,20,21). The fraction of sp³-hybridized carbons (Fsp3) is 0.562. The lowest BCUT2D eigenvalue weighted by Crippen LogP contribution is -2.48. The maximum atomic E-state index is 13.1. The lowest BCUT2D eigenvalue weighted by atomic mass is 9.92. The number of benzene rings is 1. The van der Waals surface area contributed by atoms with Gasteiger partial charge in [0.1, 0.15) is 0 Å². The van der Waals surface area contributed by atoms with Gasteiger partial charge in [-0.25, -0.2) is 13.6 Å². The Bertz CT molecular complexity index is 498. The van der Waals surface area contributed by atoms with Crippen molar-refractivity contribution in [3.63, 3.8) is 0 Å². The van der Waals surface area contributed by atoms with Crippen molar-refractivity contribution in [3.05, 3.63) is 35.4 Å². The molecular weight excluding hydrogens is 274 g/mol. The number of hydrogen-bond acceptors (Lipinski definition) is 1. The van der Waals surface area contributed by atoms with Gasteiger partial charge in [0.2, 0.25) is 5.92 Å². The van der Waals surface area contributed by atoms with E-state index in [0.717, 1.165) is 12.8 Å². The minimum absolute atomic E-state index is 0.104. The van der Waals surface area contributed by atoms with E-state index in [2.05, 4.69) is 22.8 Å². The molecule has 0 aromatic heterocycles. The molecule has 2 N–H and O–H groups in total. The fourth-order valence-electron chi connectivity index (χ4n) is 3.26. The van der Waals surface area contributed by atoms with Crippen molar-refractivity contribution in [1.82, 2.24) is 10.6 Å². The van der Waals surface area contributed by atoms with Crippen molar-refractivity contribution < 1.29 is 13.6 Å². The minimum Gasteiger partial charge on any atom is -0.335 e. The molecule has 0 atom stereocenters. The zero-order chi connectivity index (χ0) is 14.9. The van der Waals surface area contributed by atoms with Crippen LogP contribution >= 0.6 is 0 Å². The van der Waals surface area contributed by atoms with Crippen LogP contribution in [0, 0.1) is 0 Å². The molecule has 0 unspecified atom stereocenters. The maximum Gasteiger partial charge on any atom is 0.315 e. The number of carbonyl (C=O) groups excluding carboxylic acids is 1. The second kappa shape index (κ2) is 5.62. The first kappa shape index (κ1) is 14.3. The van der Waals surface area contributed by atoms with Gasteiger partial charge in [0.25, 0.3) is 0 Å². The molecule has 3 nitrogen and oxygen atoms in total. The summed E-state index contributed by atoms with van der Waals surface area (Å²) in [5.41, 5.74) is 2.56. The third-order valence-corrected chi connectivity index (χ3v) is 4.44. The van der Waals surface area contributed by atoms with Gasteiger partial charge in [0.15, 0.2) is 0 Å². The van der Waals surface area contributed by atoms with Gasteiger partial charge in [-0.3, -0.25) is 0 Å². The summed E-state index contributed by atoms with van der Waals surface area (Å²) in [4.78, 5) is 12.0. The van der Waals surface area contributed by atoms with Crippen molar-refractivity contribution in [2.45, 2.75) is 56.5 Å². The molecule has 2 aliphatic carbocycles. The highest BCUT2D eigenvalue weighted by Gasteiger charge is 2.35. The number of fused-ring (bicyclic) bond motifs is 1. The Morgan fingerprint density at radius 3 is 2.10 bits per heavy atom. The Hall–Kier alpha value is -1.65. The van der Waals surface area contributed by atoms with E-state index >= 15 is 0 Å². The summed E-state index contributed by atoms with van der Waals surface area (Å²) in [5.74, 6) is -2.55. The van der Waals surface area contributed by atoms with Gasteiger partial charge in [-0.05, 0) is 36.8 Å².